The standard InChI is InChI=1S/C16H26N2O/c1-11(2)12-7-6-8-13(9-12)18-15(19)10-14(17)16(3,4)5/h6-9,11,14H,10,17H2,1-5H3,(H,18,19). The van der Waals surface area contributed by atoms with Crippen molar-refractivity contribution in [1.29, 1.82) is 0 Å². The van der Waals surface area contributed by atoms with Crippen LogP contribution >= 0.6 is 0 Å². The average Bonchev–Trinajstić information content (AvgIpc) is 2.27. The van der Waals surface area contributed by atoms with Crippen LogP contribution in [-0.2, 0) is 4.79 Å². The van der Waals surface area contributed by atoms with Crippen LogP contribution in [0.4, 0.5) is 5.69 Å². The van der Waals surface area contributed by atoms with Gasteiger partial charge in [-0.25, -0.2) is 0 Å². The molecule has 3 heteroatoms. The van der Waals surface area contributed by atoms with Gasteiger partial charge in [0.25, 0.3) is 0 Å². The summed E-state index contributed by atoms with van der Waals surface area (Å²) in [6.45, 7) is 10.4. The molecule has 0 heterocycles. The fourth-order valence-electron chi connectivity index (χ4n) is 1.69. The predicted molar refractivity (Wildman–Crippen MR) is 81.2 cm³/mol. The second-order valence-electron chi connectivity index (χ2n) is 6.50. The Morgan fingerprint density at radius 1 is 1.32 bits per heavy atom. The van der Waals surface area contributed by atoms with Crippen molar-refractivity contribution < 1.29 is 4.79 Å². The molecule has 1 aromatic rings. The van der Waals surface area contributed by atoms with Crippen LogP contribution in [0.1, 0.15) is 52.5 Å². The first-order chi connectivity index (χ1) is 8.70. The minimum Gasteiger partial charge on any atom is -0.327 e. The zero-order valence-corrected chi connectivity index (χ0v) is 12.7. The van der Waals surface area contributed by atoms with E-state index in [1.807, 2.05) is 39.0 Å². The zero-order chi connectivity index (χ0) is 14.6. The van der Waals surface area contributed by atoms with Crippen LogP contribution in [0.2, 0.25) is 0 Å². The molecule has 19 heavy (non-hydrogen) atoms. The van der Waals surface area contributed by atoms with E-state index in [0.717, 1.165) is 5.69 Å². The van der Waals surface area contributed by atoms with Crippen LogP contribution < -0.4 is 11.1 Å². The maximum absolute atomic E-state index is 12.0. The Hall–Kier alpha value is -1.35. The molecule has 0 aromatic heterocycles. The number of nitrogens with two attached hydrogens (primary N) is 1. The van der Waals surface area contributed by atoms with Gasteiger partial charge < -0.3 is 11.1 Å². The molecule has 0 aliphatic carbocycles. The number of carbonyl (C=O) groups excluding carboxylic acids is 1. The summed E-state index contributed by atoms with van der Waals surface area (Å²) in [5, 5.41) is 2.92. The molecule has 1 unspecified atom stereocenters. The predicted octanol–water partition coefficient (Wildman–Crippen LogP) is 3.51. The molecular weight excluding hydrogens is 236 g/mol. The Kier molecular flexibility index (Phi) is 5.12. The lowest BCUT2D eigenvalue weighted by atomic mass is 9.85. The van der Waals surface area contributed by atoms with Crippen molar-refractivity contribution in [3.8, 4) is 0 Å². The van der Waals surface area contributed by atoms with Crippen molar-refractivity contribution in [2.24, 2.45) is 11.1 Å². The van der Waals surface area contributed by atoms with Gasteiger partial charge in [0.1, 0.15) is 0 Å². The molecular formula is C16H26N2O. The Morgan fingerprint density at radius 2 is 1.95 bits per heavy atom. The van der Waals surface area contributed by atoms with Crippen molar-refractivity contribution in [1.82, 2.24) is 0 Å². The lowest BCUT2D eigenvalue weighted by Gasteiger charge is -2.26. The number of benzene rings is 1. The maximum atomic E-state index is 12.0. The fraction of sp³-hybridized carbons (Fsp3) is 0.562. The summed E-state index contributed by atoms with van der Waals surface area (Å²) in [5.41, 5.74) is 8.03. The monoisotopic (exact) mass is 262 g/mol. The van der Waals surface area contributed by atoms with Crippen LogP contribution in [-0.4, -0.2) is 11.9 Å². The molecule has 0 aliphatic rings. The highest BCUT2D eigenvalue weighted by molar-refractivity contribution is 5.91. The van der Waals surface area contributed by atoms with E-state index in [1.54, 1.807) is 0 Å². The SMILES string of the molecule is CC(C)c1cccc(NC(=O)CC(N)C(C)(C)C)c1. The molecule has 1 aromatic carbocycles. The largest absolute Gasteiger partial charge is 0.327 e. The molecule has 0 saturated carbocycles. The van der Waals surface area contributed by atoms with Crippen LogP contribution in [0, 0.1) is 5.41 Å². The van der Waals surface area contributed by atoms with Gasteiger partial charge in [-0.15, -0.1) is 0 Å². The van der Waals surface area contributed by atoms with E-state index >= 15 is 0 Å². The van der Waals surface area contributed by atoms with Gasteiger partial charge in [-0.2, -0.15) is 0 Å². The molecule has 1 rings (SSSR count). The second kappa shape index (κ2) is 6.20. The van der Waals surface area contributed by atoms with Gasteiger partial charge in [-0.1, -0.05) is 46.8 Å². The highest BCUT2D eigenvalue weighted by Crippen LogP contribution is 2.21. The van der Waals surface area contributed by atoms with Crippen molar-refractivity contribution in [2.75, 3.05) is 5.32 Å². The van der Waals surface area contributed by atoms with Crippen LogP contribution in [0.15, 0.2) is 24.3 Å². The molecule has 106 valence electrons. The Morgan fingerprint density at radius 3 is 2.47 bits per heavy atom. The van der Waals surface area contributed by atoms with E-state index in [1.165, 1.54) is 5.56 Å². The number of rotatable bonds is 4. The number of carbonyl (C=O) groups is 1. The summed E-state index contributed by atoms with van der Waals surface area (Å²) in [6.07, 6.45) is 0.343. The van der Waals surface area contributed by atoms with Crippen molar-refractivity contribution >= 4 is 11.6 Å². The number of hydrogen-bond acceptors (Lipinski definition) is 2. The van der Waals surface area contributed by atoms with Gasteiger partial charge in [-0.3, -0.25) is 4.79 Å². The molecule has 0 radical (unpaired) electrons. The summed E-state index contributed by atoms with van der Waals surface area (Å²) in [5.74, 6) is 0.428. The second-order valence-corrected chi connectivity index (χ2v) is 6.50. The summed E-state index contributed by atoms with van der Waals surface area (Å²) >= 11 is 0. The first-order valence-electron chi connectivity index (χ1n) is 6.85. The van der Waals surface area contributed by atoms with Crippen molar-refractivity contribution in [3.63, 3.8) is 0 Å². The molecule has 0 spiro atoms. The van der Waals surface area contributed by atoms with E-state index < -0.39 is 0 Å². The third-order valence-electron chi connectivity index (χ3n) is 3.35. The molecule has 1 amide bonds. The fourth-order valence-corrected chi connectivity index (χ4v) is 1.69. The van der Waals surface area contributed by atoms with E-state index in [9.17, 15) is 4.79 Å². The van der Waals surface area contributed by atoms with Gasteiger partial charge in [-0.05, 0) is 29.0 Å². The highest BCUT2D eigenvalue weighted by atomic mass is 16.1. The van der Waals surface area contributed by atoms with Gasteiger partial charge in [0.15, 0.2) is 0 Å². The summed E-state index contributed by atoms with van der Waals surface area (Å²) in [6, 6.07) is 7.83. The average molecular weight is 262 g/mol. The Labute approximate surface area is 116 Å². The molecule has 3 N–H and O–H groups in total. The number of anilines is 1. The molecule has 0 saturated heterocycles. The lowest BCUT2D eigenvalue weighted by molar-refractivity contribution is -0.117. The Balaban J connectivity index is 2.65. The Bertz CT molecular complexity index is 433. The number of hydrogen-bond donors (Lipinski definition) is 2. The smallest absolute Gasteiger partial charge is 0.225 e. The van der Waals surface area contributed by atoms with Gasteiger partial charge in [0.05, 0.1) is 0 Å². The molecule has 1 atom stereocenters. The maximum Gasteiger partial charge on any atom is 0.225 e. The molecule has 0 bridgehead atoms. The van der Waals surface area contributed by atoms with Crippen LogP contribution in [0.3, 0.4) is 0 Å². The highest BCUT2D eigenvalue weighted by Gasteiger charge is 2.23. The van der Waals surface area contributed by atoms with Crippen molar-refractivity contribution in [2.45, 2.75) is 53.0 Å². The summed E-state index contributed by atoms with van der Waals surface area (Å²) in [4.78, 5) is 12.0. The van der Waals surface area contributed by atoms with E-state index in [0.29, 0.717) is 12.3 Å². The molecule has 0 aliphatic heterocycles. The third kappa shape index (κ3) is 5.03. The van der Waals surface area contributed by atoms with Gasteiger partial charge >= 0.3 is 0 Å². The van der Waals surface area contributed by atoms with Crippen LogP contribution in [0.25, 0.3) is 0 Å². The van der Waals surface area contributed by atoms with E-state index in [4.69, 9.17) is 5.73 Å². The summed E-state index contributed by atoms with van der Waals surface area (Å²) in [7, 11) is 0. The van der Waals surface area contributed by atoms with Crippen molar-refractivity contribution in [3.05, 3.63) is 29.8 Å². The van der Waals surface area contributed by atoms with E-state index in [2.05, 4.69) is 25.2 Å². The molecule has 0 fully saturated rings. The van der Waals surface area contributed by atoms with Gasteiger partial charge in [0.2, 0.25) is 5.91 Å². The summed E-state index contributed by atoms with van der Waals surface area (Å²) < 4.78 is 0. The lowest BCUT2D eigenvalue weighted by Crippen LogP contribution is -2.38. The number of nitrogens with one attached hydrogen (secondary N) is 1. The van der Waals surface area contributed by atoms with E-state index in [-0.39, 0.29) is 17.4 Å². The molecule has 3 nitrogen and oxygen atoms in total. The normalized spacial score (nSPS) is 13.4. The van der Waals surface area contributed by atoms with Gasteiger partial charge in [0, 0.05) is 18.2 Å². The third-order valence-corrected chi connectivity index (χ3v) is 3.35. The first kappa shape index (κ1) is 15.7. The quantitative estimate of drug-likeness (QED) is 0.872. The minimum atomic E-state index is -0.138. The van der Waals surface area contributed by atoms with Crippen LogP contribution in [0.5, 0.6) is 0 Å². The zero-order valence-electron chi connectivity index (χ0n) is 12.7. The topological polar surface area (TPSA) is 55.1 Å². The first-order valence-corrected chi connectivity index (χ1v) is 6.85. The minimum absolute atomic E-state index is 0.0247. The number of amides is 1.